The second kappa shape index (κ2) is 8.37. The summed E-state index contributed by atoms with van der Waals surface area (Å²) in [5.74, 6) is -1.28. The van der Waals surface area contributed by atoms with Gasteiger partial charge in [-0.3, -0.25) is 14.4 Å². The number of amides is 4. The normalized spacial score (nSPS) is 30.0. The van der Waals surface area contributed by atoms with E-state index in [1.165, 1.54) is 4.90 Å². The van der Waals surface area contributed by atoms with Gasteiger partial charge in [0.2, 0.25) is 17.7 Å². The molecule has 1 saturated carbocycles. The van der Waals surface area contributed by atoms with Crippen LogP contribution in [0.15, 0.2) is 0 Å². The fourth-order valence-corrected chi connectivity index (χ4v) is 5.34. The summed E-state index contributed by atoms with van der Waals surface area (Å²) in [7, 11) is 0. The van der Waals surface area contributed by atoms with Crippen LogP contribution in [0.1, 0.15) is 47.5 Å². The Hall–Kier alpha value is -2.65. The number of hydrogen-bond donors (Lipinski definition) is 4. The summed E-state index contributed by atoms with van der Waals surface area (Å²) in [6.07, 6.45) is 0.146. The van der Waals surface area contributed by atoms with E-state index in [0.717, 1.165) is 0 Å². The zero-order chi connectivity index (χ0) is 24.0. The number of carbonyl (C=O) groups excluding carboxylic acids is 4. The molecule has 32 heavy (non-hydrogen) atoms. The summed E-state index contributed by atoms with van der Waals surface area (Å²) in [4.78, 5) is 63.0. The Labute approximate surface area is 187 Å². The van der Waals surface area contributed by atoms with Gasteiger partial charge >= 0.3 is 6.09 Å². The molecule has 0 unspecified atom stereocenters. The Morgan fingerprint density at radius 1 is 1.28 bits per heavy atom. The number of carboxylic acid groups (broad SMARTS) is 1. The minimum atomic E-state index is -1.31. The maximum atomic E-state index is 13.4. The second-order valence-corrected chi connectivity index (χ2v) is 10.9. The first kappa shape index (κ1) is 24.0. The maximum absolute atomic E-state index is 13.4. The number of fused-ring (bicyclic) bond motifs is 1. The van der Waals surface area contributed by atoms with E-state index in [4.69, 9.17) is 0 Å². The Morgan fingerprint density at radius 3 is 2.44 bits per heavy atom. The Balaban J connectivity index is 1.78. The first-order chi connectivity index (χ1) is 14.8. The van der Waals surface area contributed by atoms with Crippen LogP contribution < -0.4 is 16.0 Å². The summed E-state index contributed by atoms with van der Waals surface area (Å²) in [6, 6.07) is -2.63. The van der Waals surface area contributed by atoms with Crippen molar-refractivity contribution in [2.45, 2.75) is 65.6 Å². The van der Waals surface area contributed by atoms with E-state index in [2.05, 4.69) is 16.0 Å². The molecule has 4 N–H and O–H groups in total. The van der Waals surface area contributed by atoms with Crippen molar-refractivity contribution < 1.29 is 29.1 Å². The molecule has 0 bridgehead atoms. The van der Waals surface area contributed by atoms with Crippen LogP contribution in [-0.2, 0) is 19.2 Å². The molecule has 1 aliphatic carbocycles. The predicted molar refractivity (Wildman–Crippen MR) is 114 cm³/mol. The average Bonchev–Trinajstić information content (AvgIpc) is 3.05. The number of piperidine rings is 1. The molecule has 3 aliphatic rings. The molecular formula is C22H34N4O6. The molecular weight excluding hydrogens is 416 g/mol. The summed E-state index contributed by atoms with van der Waals surface area (Å²) in [6.45, 7) is 10.3. The van der Waals surface area contributed by atoms with Crippen molar-refractivity contribution in [1.82, 2.24) is 20.9 Å². The fraction of sp³-hybridized carbons (Fsp3) is 0.773. The third-order valence-electron chi connectivity index (χ3n) is 7.33. The smallest absolute Gasteiger partial charge is 0.405 e. The van der Waals surface area contributed by atoms with Crippen molar-refractivity contribution in [3.8, 4) is 0 Å². The molecule has 0 spiro atoms. The zero-order valence-electron chi connectivity index (χ0n) is 19.3. The molecule has 0 aromatic rings. The van der Waals surface area contributed by atoms with Crippen molar-refractivity contribution in [2.24, 2.45) is 28.6 Å². The molecule has 10 heteroatoms. The van der Waals surface area contributed by atoms with Crippen molar-refractivity contribution >= 4 is 30.1 Å². The molecule has 2 saturated heterocycles. The van der Waals surface area contributed by atoms with Gasteiger partial charge in [0, 0.05) is 19.0 Å². The molecule has 3 rings (SSSR count). The molecule has 2 aliphatic heterocycles. The van der Waals surface area contributed by atoms with Crippen molar-refractivity contribution in [3.63, 3.8) is 0 Å². The first-order valence-electron chi connectivity index (χ1n) is 11.1. The molecule has 10 nitrogen and oxygen atoms in total. The predicted octanol–water partition coefficient (Wildman–Crippen LogP) is 0.362. The van der Waals surface area contributed by atoms with Crippen LogP contribution in [0.2, 0.25) is 0 Å². The summed E-state index contributed by atoms with van der Waals surface area (Å²) in [5.41, 5.74) is -0.821. The monoisotopic (exact) mass is 450 g/mol. The van der Waals surface area contributed by atoms with Crippen molar-refractivity contribution in [3.05, 3.63) is 0 Å². The number of nitrogens with zero attached hydrogens (tertiary/aromatic N) is 1. The van der Waals surface area contributed by atoms with Gasteiger partial charge in [0.05, 0.1) is 6.04 Å². The lowest BCUT2D eigenvalue weighted by Gasteiger charge is -2.37. The molecule has 0 aromatic heterocycles. The Bertz CT molecular complexity index is 820. The van der Waals surface area contributed by atoms with Gasteiger partial charge in [-0.1, -0.05) is 34.6 Å². The third-order valence-corrected chi connectivity index (χ3v) is 7.33. The largest absolute Gasteiger partial charge is 0.465 e. The average molecular weight is 451 g/mol. The summed E-state index contributed by atoms with van der Waals surface area (Å²) >= 11 is 0. The number of rotatable bonds is 7. The van der Waals surface area contributed by atoms with Gasteiger partial charge in [0.15, 0.2) is 0 Å². The molecule has 4 amide bonds. The standard InChI is InChI=1S/C22H34N4O6/c1-21(2,3)16(25-20(31)32)19(30)26-9-13-14(22(13,4)5)15(26)18(29)24-12(10-27)8-11-6-7-23-17(11)28/h10-16,25H,6-9H2,1-5H3,(H,23,28)(H,24,29)(H,31,32)/t11-,12-,13-,14-,15-,16+/m0/s1. The number of likely N-dealkylation sites (tertiary alicyclic amines) is 1. The number of nitrogens with one attached hydrogen (secondary N) is 3. The topological polar surface area (TPSA) is 145 Å². The maximum Gasteiger partial charge on any atom is 0.405 e. The highest BCUT2D eigenvalue weighted by Gasteiger charge is 2.69. The molecule has 0 aromatic carbocycles. The van der Waals surface area contributed by atoms with Crippen LogP contribution in [0.5, 0.6) is 0 Å². The Morgan fingerprint density at radius 2 is 1.94 bits per heavy atom. The lowest BCUT2D eigenvalue weighted by Crippen LogP contribution is -2.59. The van der Waals surface area contributed by atoms with E-state index in [-0.39, 0.29) is 35.5 Å². The second-order valence-electron chi connectivity index (χ2n) is 10.9. The molecule has 178 valence electrons. The number of hydrogen-bond acceptors (Lipinski definition) is 5. The lowest BCUT2D eigenvalue weighted by molar-refractivity contribution is -0.144. The van der Waals surface area contributed by atoms with E-state index in [9.17, 15) is 29.1 Å². The Kier molecular flexibility index (Phi) is 6.27. The van der Waals surface area contributed by atoms with Gasteiger partial charge in [-0.15, -0.1) is 0 Å². The van der Waals surface area contributed by atoms with Crippen LogP contribution in [0.25, 0.3) is 0 Å². The van der Waals surface area contributed by atoms with Gasteiger partial charge in [-0.2, -0.15) is 0 Å². The van der Waals surface area contributed by atoms with Crippen LogP contribution in [0.4, 0.5) is 4.79 Å². The highest BCUT2D eigenvalue weighted by atomic mass is 16.4. The number of aldehydes is 1. The SMILES string of the molecule is CC(C)(C)[C@H](NC(=O)O)C(=O)N1C[C@H]2[C@@H]([C@H]1C(=O)N[C@H](C=O)C[C@@H]1CCNC1=O)C2(C)C. The third kappa shape index (κ3) is 4.45. The fourth-order valence-electron chi connectivity index (χ4n) is 5.34. The highest BCUT2D eigenvalue weighted by Crippen LogP contribution is 2.65. The molecule has 3 fully saturated rings. The van der Waals surface area contributed by atoms with Crippen LogP contribution in [-0.4, -0.2) is 71.3 Å². The van der Waals surface area contributed by atoms with Crippen LogP contribution >= 0.6 is 0 Å². The molecule has 0 radical (unpaired) electrons. The minimum absolute atomic E-state index is 0.0704. The van der Waals surface area contributed by atoms with Gasteiger partial charge in [0.1, 0.15) is 18.4 Å². The van der Waals surface area contributed by atoms with E-state index in [1.54, 1.807) is 20.8 Å². The van der Waals surface area contributed by atoms with Crippen LogP contribution in [0.3, 0.4) is 0 Å². The van der Waals surface area contributed by atoms with Gasteiger partial charge in [-0.05, 0) is 35.5 Å². The minimum Gasteiger partial charge on any atom is -0.465 e. The van der Waals surface area contributed by atoms with E-state index in [0.29, 0.717) is 25.8 Å². The van der Waals surface area contributed by atoms with Crippen LogP contribution in [0, 0.1) is 28.6 Å². The summed E-state index contributed by atoms with van der Waals surface area (Å²) < 4.78 is 0. The summed E-state index contributed by atoms with van der Waals surface area (Å²) in [5, 5.41) is 17.0. The highest BCUT2D eigenvalue weighted by molar-refractivity contribution is 5.94. The zero-order valence-corrected chi connectivity index (χ0v) is 19.3. The van der Waals surface area contributed by atoms with Crippen molar-refractivity contribution in [2.75, 3.05) is 13.1 Å². The van der Waals surface area contributed by atoms with Crippen molar-refractivity contribution in [1.29, 1.82) is 0 Å². The van der Waals surface area contributed by atoms with E-state index < -0.39 is 41.4 Å². The number of carbonyl (C=O) groups is 5. The molecule has 6 atom stereocenters. The first-order valence-corrected chi connectivity index (χ1v) is 11.1. The van der Waals surface area contributed by atoms with E-state index >= 15 is 0 Å². The van der Waals surface area contributed by atoms with Gasteiger partial charge in [-0.25, -0.2) is 4.79 Å². The van der Waals surface area contributed by atoms with Gasteiger partial charge in [0.25, 0.3) is 0 Å². The van der Waals surface area contributed by atoms with Gasteiger partial charge < -0.3 is 30.8 Å². The quantitative estimate of drug-likeness (QED) is 0.412. The lowest BCUT2D eigenvalue weighted by atomic mass is 9.85. The van der Waals surface area contributed by atoms with E-state index in [1.807, 2.05) is 13.8 Å². The molecule has 2 heterocycles.